The number of aromatic nitrogens is 5. The van der Waals surface area contributed by atoms with Crippen LogP contribution in [0.3, 0.4) is 0 Å². The zero-order chi connectivity index (χ0) is 36.0. The fourth-order valence-electron chi connectivity index (χ4n) is 8.79. The SMILES string of the molecule is c1ccc2c(c1)c(-c1ccc(-c3cc(-n4c5ccccc5c5ccccc54)cc(-n4c5ccccc5c5ccccc54)c3)cc1)nc1c2nc2ccccn21. The minimum absolute atomic E-state index is 0.864. The molecule has 0 atom stereocenters. The lowest BCUT2D eigenvalue weighted by Gasteiger charge is -2.16. The smallest absolute Gasteiger partial charge is 0.165 e. The van der Waals surface area contributed by atoms with Crippen LogP contribution in [0.2, 0.25) is 0 Å². The molecule has 0 N–H and O–H groups in total. The molecule has 0 aliphatic heterocycles. The molecule has 0 saturated carbocycles. The minimum atomic E-state index is 0.864. The van der Waals surface area contributed by atoms with E-state index < -0.39 is 0 Å². The van der Waals surface area contributed by atoms with Gasteiger partial charge in [-0.2, -0.15) is 0 Å². The quantitative estimate of drug-likeness (QED) is 0.183. The van der Waals surface area contributed by atoms with Crippen LogP contribution in [0.15, 0.2) is 188 Å². The van der Waals surface area contributed by atoms with Gasteiger partial charge in [0, 0.05) is 55.5 Å². The molecule has 55 heavy (non-hydrogen) atoms. The Kier molecular flexibility index (Phi) is 6.27. The molecule has 0 radical (unpaired) electrons. The van der Waals surface area contributed by atoms with Crippen molar-refractivity contribution in [2.75, 3.05) is 0 Å². The minimum Gasteiger partial charge on any atom is -0.309 e. The molecule has 5 aromatic heterocycles. The zero-order valence-corrected chi connectivity index (χ0v) is 29.6. The van der Waals surface area contributed by atoms with Crippen molar-refractivity contribution < 1.29 is 0 Å². The number of para-hydroxylation sites is 4. The van der Waals surface area contributed by atoms with Gasteiger partial charge in [0.15, 0.2) is 5.65 Å². The normalized spacial score (nSPS) is 12.0. The Balaban J connectivity index is 1.09. The number of benzene rings is 7. The first kappa shape index (κ1) is 30.0. The van der Waals surface area contributed by atoms with Gasteiger partial charge in [-0.05, 0) is 65.7 Å². The second kappa shape index (κ2) is 11.5. The second-order valence-corrected chi connectivity index (χ2v) is 14.3. The van der Waals surface area contributed by atoms with Crippen LogP contribution >= 0.6 is 0 Å². The average molecular weight is 702 g/mol. The number of hydrogen-bond acceptors (Lipinski definition) is 2. The second-order valence-electron chi connectivity index (χ2n) is 14.3. The lowest BCUT2D eigenvalue weighted by atomic mass is 9.99. The number of fused-ring (bicyclic) bond motifs is 11. The number of rotatable bonds is 4. The molecule has 0 saturated heterocycles. The van der Waals surface area contributed by atoms with Crippen molar-refractivity contribution in [3.8, 4) is 33.8 Å². The third-order valence-electron chi connectivity index (χ3n) is 11.2. The van der Waals surface area contributed by atoms with E-state index in [0.29, 0.717) is 0 Å². The van der Waals surface area contributed by atoms with Crippen molar-refractivity contribution in [2.45, 2.75) is 0 Å². The number of hydrogen-bond donors (Lipinski definition) is 0. The monoisotopic (exact) mass is 701 g/mol. The topological polar surface area (TPSA) is 40.0 Å². The van der Waals surface area contributed by atoms with Crippen LogP contribution in [0, 0.1) is 0 Å². The number of nitrogens with zero attached hydrogens (tertiary/aromatic N) is 5. The molecule has 7 aromatic carbocycles. The third-order valence-corrected chi connectivity index (χ3v) is 11.2. The maximum absolute atomic E-state index is 5.27. The molecule has 12 aromatic rings. The van der Waals surface area contributed by atoms with Crippen LogP contribution in [-0.2, 0) is 0 Å². The number of imidazole rings is 1. The van der Waals surface area contributed by atoms with E-state index in [1.165, 1.54) is 43.6 Å². The predicted octanol–water partition coefficient (Wildman–Crippen LogP) is 12.6. The van der Waals surface area contributed by atoms with Crippen molar-refractivity contribution in [2.24, 2.45) is 0 Å². The van der Waals surface area contributed by atoms with Crippen molar-refractivity contribution in [1.29, 1.82) is 0 Å². The maximum Gasteiger partial charge on any atom is 0.165 e. The molecule has 0 amide bonds. The Morgan fingerprint density at radius 3 is 1.35 bits per heavy atom. The van der Waals surface area contributed by atoms with Gasteiger partial charge in [0.2, 0.25) is 0 Å². The highest BCUT2D eigenvalue weighted by Gasteiger charge is 2.18. The molecule has 5 heteroatoms. The summed E-state index contributed by atoms with van der Waals surface area (Å²) in [6.45, 7) is 0. The molecule has 0 aliphatic rings. The van der Waals surface area contributed by atoms with Gasteiger partial charge in [0.25, 0.3) is 0 Å². The van der Waals surface area contributed by atoms with Crippen molar-refractivity contribution in [1.82, 2.24) is 23.5 Å². The predicted molar refractivity (Wildman–Crippen MR) is 228 cm³/mol. The van der Waals surface area contributed by atoms with Crippen LogP contribution in [0.4, 0.5) is 0 Å². The summed E-state index contributed by atoms with van der Waals surface area (Å²) >= 11 is 0. The van der Waals surface area contributed by atoms with E-state index in [1.54, 1.807) is 0 Å². The summed E-state index contributed by atoms with van der Waals surface area (Å²) in [5.74, 6) is 0. The Labute approximate surface area is 315 Å². The first-order valence-electron chi connectivity index (χ1n) is 18.7. The van der Waals surface area contributed by atoms with Crippen LogP contribution in [-0.4, -0.2) is 23.5 Å². The fraction of sp³-hybridized carbons (Fsp3) is 0. The number of pyridine rings is 2. The van der Waals surface area contributed by atoms with E-state index >= 15 is 0 Å². The maximum atomic E-state index is 5.27. The summed E-state index contributed by atoms with van der Waals surface area (Å²) in [6.07, 6.45) is 2.04. The summed E-state index contributed by atoms with van der Waals surface area (Å²) in [5, 5.41) is 7.17. The first-order valence-corrected chi connectivity index (χ1v) is 18.7. The van der Waals surface area contributed by atoms with Crippen LogP contribution in [0.1, 0.15) is 0 Å². The molecule has 5 nitrogen and oxygen atoms in total. The van der Waals surface area contributed by atoms with E-state index in [1.807, 2.05) is 24.4 Å². The Morgan fingerprint density at radius 2 is 0.800 bits per heavy atom. The molecule has 0 spiro atoms. The highest BCUT2D eigenvalue weighted by molar-refractivity contribution is 6.11. The molecule has 0 fully saturated rings. The van der Waals surface area contributed by atoms with E-state index in [9.17, 15) is 0 Å². The van der Waals surface area contributed by atoms with E-state index in [2.05, 4.69) is 177 Å². The zero-order valence-electron chi connectivity index (χ0n) is 29.6. The molecule has 256 valence electrons. The largest absolute Gasteiger partial charge is 0.309 e. The standard InChI is InChI=1S/C50H31N5/c1-2-18-42-41(17-1)48(52-50-49(42)51-47-23-11-12-28-53(47)50)33-26-24-32(25-27-33)34-29-35(54-43-19-7-3-13-37(43)38-14-4-8-20-44(38)54)31-36(30-34)55-45-21-9-5-15-39(45)40-16-6-10-22-46(40)55/h1-31H. The van der Waals surface area contributed by atoms with Crippen molar-refractivity contribution in [3.63, 3.8) is 0 Å². The molecule has 12 rings (SSSR count). The fourth-order valence-corrected chi connectivity index (χ4v) is 8.79. The summed E-state index contributed by atoms with van der Waals surface area (Å²) in [5.41, 5.74) is 13.9. The molecule has 0 bridgehead atoms. The molecular formula is C50H31N5. The Bertz CT molecular complexity index is 3250. The average Bonchev–Trinajstić information content (AvgIpc) is 3.91. The summed E-state index contributed by atoms with van der Waals surface area (Å²) in [4.78, 5) is 10.2. The lowest BCUT2D eigenvalue weighted by molar-refractivity contribution is 1.13. The van der Waals surface area contributed by atoms with Crippen molar-refractivity contribution >= 4 is 71.2 Å². The van der Waals surface area contributed by atoms with Crippen LogP contribution < -0.4 is 0 Å². The van der Waals surface area contributed by atoms with E-state index in [0.717, 1.165) is 61.3 Å². The summed E-state index contributed by atoms with van der Waals surface area (Å²) in [6, 6.07) is 65.4. The highest BCUT2D eigenvalue weighted by Crippen LogP contribution is 2.39. The Morgan fingerprint density at radius 1 is 0.345 bits per heavy atom. The van der Waals surface area contributed by atoms with Gasteiger partial charge in [-0.25, -0.2) is 9.97 Å². The van der Waals surface area contributed by atoms with Crippen LogP contribution in [0.5, 0.6) is 0 Å². The third kappa shape index (κ3) is 4.41. The molecular weight excluding hydrogens is 671 g/mol. The van der Waals surface area contributed by atoms with E-state index in [-0.39, 0.29) is 0 Å². The van der Waals surface area contributed by atoms with Gasteiger partial charge in [-0.3, -0.25) is 4.40 Å². The van der Waals surface area contributed by atoms with Gasteiger partial charge in [-0.1, -0.05) is 127 Å². The lowest BCUT2D eigenvalue weighted by Crippen LogP contribution is -2.00. The Hall–Kier alpha value is -7.50. The van der Waals surface area contributed by atoms with Crippen molar-refractivity contribution in [3.05, 3.63) is 188 Å². The first-order chi connectivity index (χ1) is 27.3. The molecule has 5 heterocycles. The molecule has 0 aliphatic carbocycles. The summed E-state index contributed by atoms with van der Waals surface area (Å²) in [7, 11) is 0. The van der Waals surface area contributed by atoms with Gasteiger partial charge in [0.05, 0.1) is 27.8 Å². The van der Waals surface area contributed by atoms with E-state index in [4.69, 9.17) is 9.97 Å². The van der Waals surface area contributed by atoms with Gasteiger partial charge < -0.3 is 9.13 Å². The van der Waals surface area contributed by atoms with Crippen LogP contribution in [0.25, 0.3) is 105 Å². The highest BCUT2D eigenvalue weighted by atomic mass is 15.1. The van der Waals surface area contributed by atoms with Gasteiger partial charge in [0.1, 0.15) is 11.2 Å². The molecule has 0 unspecified atom stereocenters. The van der Waals surface area contributed by atoms with Gasteiger partial charge in [-0.15, -0.1) is 0 Å². The van der Waals surface area contributed by atoms with Gasteiger partial charge >= 0.3 is 0 Å². The summed E-state index contributed by atoms with van der Waals surface area (Å²) < 4.78 is 6.91.